The molecule has 1 aromatic carbocycles. The van der Waals surface area contributed by atoms with E-state index in [-0.39, 0.29) is 24.3 Å². The molecule has 0 saturated carbocycles. The van der Waals surface area contributed by atoms with E-state index in [4.69, 9.17) is 16.3 Å². The van der Waals surface area contributed by atoms with Crippen LogP contribution in [0.4, 0.5) is 5.69 Å². The highest BCUT2D eigenvalue weighted by molar-refractivity contribution is 6.33. The van der Waals surface area contributed by atoms with Crippen molar-refractivity contribution in [2.24, 2.45) is 17.8 Å². The number of carbonyl (C=O) groups excluding carboxylic acids is 3. The number of aliphatic hydroxyl groups excluding tert-OH is 1. The summed E-state index contributed by atoms with van der Waals surface area (Å²) in [4.78, 5) is 41.7. The quantitative estimate of drug-likeness (QED) is 0.571. The standard InChI is InChI=1S/C23H30ClN3O5/c1-4-12(2)15(11-28)27-19(21(30)26-14-8-6-5-7-13(14)24)23-10-9-16(32-23)17(20(29)25-3)18(23)22(27)31/h5-8,12,15-19,28H,4,9-11H2,1-3H3,(H,25,29)(H,26,30)/t12-,15-,16+,17-,18-,19?,23?/m0/s1. The molecule has 0 radical (unpaired) electrons. The fourth-order valence-corrected chi connectivity index (χ4v) is 5.98. The van der Waals surface area contributed by atoms with Crippen molar-refractivity contribution in [1.82, 2.24) is 10.2 Å². The fraction of sp³-hybridized carbons (Fsp3) is 0.609. The molecule has 3 aliphatic rings. The Hall–Kier alpha value is -2.16. The van der Waals surface area contributed by atoms with Gasteiger partial charge in [0.2, 0.25) is 17.7 Å². The monoisotopic (exact) mass is 463 g/mol. The first-order chi connectivity index (χ1) is 15.3. The van der Waals surface area contributed by atoms with Gasteiger partial charge in [-0.25, -0.2) is 0 Å². The zero-order chi connectivity index (χ0) is 23.2. The molecule has 9 heteroatoms. The van der Waals surface area contributed by atoms with Crippen molar-refractivity contribution in [2.45, 2.75) is 56.9 Å². The average molecular weight is 464 g/mol. The fourth-order valence-electron chi connectivity index (χ4n) is 5.79. The Morgan fingerprint density at radius 1 is 1.34 bits per heavy atom. The number of ether oxygens (including phenoxy) is 1. The number of likely N-dealkylation sites (tertiary alicyclic amines) is 1. The second kappa shape index (κ2) is 8.65. The highest BCUT2D eigenvalue weighted by Crippen LogP contribution is 2.59. The normalized spacial score (nSPS) is 32.5. The summed E-state index contributed by atoms with van der Waals surface area (Å²) in [5, 5.41) is 16.1. The van der Waals surface area contributed by atoms with Gasteiger partial charge in [0.1, 0.15) is 11.6 Å². The molecule has 32 heavy (non-hydrogen) atoms. The zero-order valence-corrected chi connectivity index (χ0v) is 19.3. The minimum Gasteiger partial charge on any atom is -0.394 e. The SMILES string of the molecule is CC[C@H](C)[C@H](CO)N1C(=O)[C@@H]2[C@@H](C(=O)NC)[C@H]3CCC2(O3)C1C(=O)Nc1ccccc1Cl. The predicted octanol–water partition coefficient (Wildman–Crippen LogP) is 1.81. The van der Waals surface area contributed by atoms with Crippen LogP contribution in [0.25, 0.3) is 0 Å². The van der Waals surface area contributed by atoms with Gasteiger partial charge < -0.3 is 25.4 Å². The lowest BCUT2D eigenvalue weighted by molar-refractivity contribution is -0.145. The van der Waals surface area contributed by atoms with E-state index < -0.39 is 41.5 Å². The van der Waals surface area contributed by atoms with Crippen molar-refractivity contribution in [3.8, 4) is 0 Å². The van der Waals surface area contributed by atoms with E-state index in [0.717, 1.165) is 0 Å². The number of anilines is 1. The van der Waals surface area contributed by atoms with Crippen LogP contribution < -0.4 is 10.6 Å². The molecule has 3 amide bonds. The Balaban J connectivity index is 1.78. The minimum atomic E-state index is -1.11. The van der Waals surface area contributed by atoms with Gasteiger partial charge >= 0.3 is 0 Å². The number of aliphatic hydroxyl groups is 1. The van der Waals surface area contributed by atoms with Gasteiger partial charge in [-0.15, -0.1) is 0 Å². The molecular formula is C23H30ClN3O5. The number of fused-ring (bicyclic) bond motifs is 1. The van der Waals surface area contributed by atoms with Crippen molar-refractivity contribution >= 4 is 35.0 Å². The van der Waals surface area contributed by atoms with Crippen LogP contribution >= 0.6 is 11.6 Å². The first kappa shape index (κ1) is 23.0. The van der Waals surface area contributed by atoms with Gasteiger partial charge in [0.25, 0.3) is 0 Å². The summed E-state index contributed by atoms with van der Waals surface area (Å²) in [6.45, 7) is 3.63. The number of rotatable bonds is 7. The van der Waals surface area contributed by atoms with Crippen LogP contribution in [0.5, 0.6) is 0 Å². The molecule has 3 heterocycles. The highest BCUT2D eigenvalue weighted by atomic mass is 35.5. The predicted molar refractivity (Wildman–Crippen MR) is 119 cm³/mol. The van der Waals surface area contributed by atoms with Crippen LogP contribution in [0, 0.1) is 17.8 Å². The van der Waals surface area contributed by atoms with Crippen LogP contribution in [0.1, 0.15) is 33.1 Å². The van der Waals surface area contributed by atoms with Crippen molar-refractivity contribution in [3.63, 3.8) is 0 Å². The van der Waals surface area contributed by atoms with Gasteiger partial charge in [-0.2, -0.15) is 0 Å². The lowest BCUT2D eigenvalue weighted by Gasteiger charge is -2.38. The Morgan fingerprint density at radius 3 is 2.69 bits per heavy atom. The van der Waals surface area contributed by atoms with E-state index in [9.17, 15) is 19.5 Å². The van der Waals surface area contributed by atoms with Gasteiger partial charge in [0.05, 0.1) is 41.3 Å². The van der Waals surface area contributed by atoms with Crippen LogP contribution in [0.2, 0.25) is 5.02 Å². The molecule has 3 N–H and O–H groups in total. The molecule has 2 bridgehead atoms. The maximum atomic E-state index is 13.8. The first-order valence-electron chi connectivity index (χ1n) is 11.2. The molecule has 1 spiro atoms. The largest absolute Gasteiger partial charge is 0.394 e. The van der Waals surface area contributed by atoms with Crippen molar-refractivity contribution < 1.29 is 24.2 Å². The van der Waals surface area contributed by atoms with Crippen LogP contribution in [-0.2, 0) is 19.1 Å². The highest BCUT2D eigenvalue weighted by Gasteiger charge is 2.75. The number of amides is 3. The summed E-state index contributed by atoms with van der Waals surface area (Å²) in [6, 6.07) is 5.34. The summed E-state index contributed by atoms with van der Waals surface area (Å²) in [7, 11) is 1.54. The maximum absolute atomic E-state index is 13.8. The third-order valence-corrected chi connectivity index (χ3v) is 7.84. The Bertz CT molecular complexity index is 927. The molecular weight excluding hydrogens is 434 g/mol. The zero-order valence-electron chi connectivity index (χ0n) is 18.5. The maximum Gasteiger partial charge on any atom is 0.250 e. The first-order valence-corrected chi connectivity index (χ1v) is 11.6. The van der Waals surface area contributed by atoms with Crippen LogP contribution in [0.3, 0.4) is 0 Å². The summed E-state index contributed by atoms with van der Waals surface area (Å²) in [6.07, 6.45) is 1.40. The van der Waals surface area contributed by atoms with Crippen molar-refractivity contribution in [1.29, 1.82) is 0 Å². The number of halogens is 1. The molecule has 7 atom stereocenters. The number of nitrogens with one attached hydrogen (secondary N) is 2. The molecule has 1 aromatic rings. The Morgan fingerprint density at radius 2 is 2.06 bits per heavy atom. The molecule has 4 rings (SSSR count). The summed E-state index contributed by atoms with van der Waals surface area (Å²) in [5.74, 6) is -2.45. The van der Waals surface area contributed by atoms with Gasteiger partial charge in [-0.1, -0.05) is 44.0 Å². The number of hydrogen-bond acceptors (Lipinski definition) is 5. The minimum absolute atomic E-state index is 0.0505. The Kier molecular flexibility index (Phi) is 6.22. The number of carbonyl (C=O) groups is 3. The topological polar surface area (TPSA) is 108 Å². The van der Waals surface area contributed by atoms with E-state index in [1.165, 1.54) is 11.9 Å². The van der Waals surface area contributed by atoms with E-state index >= 15 is 0 Å². The smallest absolute Gasteiger partial charge is 0.250 e. The molecule has 174 valence electrons. The molecule has 0 aliphatic carbocycles. The summed E-state index contributed by atoms with van der Waals surface area (Å²) in [5.41, 5.74) is -0.670. The summed E-state index contributed by atoms with van der Waals surface area (Å²) < 4.78 is 6.33. The van der Waals surface area contributed by atoms with E-state index in [0.29, 0.717) is 30.0 Å². The van der Waals surface area contributed by atoms with Gasteiger partial charge in [-0.05, 0) is 30.9 Å². The van der Waals surface area contributed by atoms with E-state index in [1.54, 1.807) is 24.3 Å². The van der Waals surface area contributed by atoms with Gasteiger partial charge in [-0.3, -0.25) is 14.4 Å². The Labute approximate surface area is 192 Å². The van der Waals surface area contributed by atoms with Crippen LogP contribution in [-0.4, -0.2) is 65.2 Å². The number of hydrogen-bond donors (Lipinski definition) is 3. The number of para-hydroxylation sites is 1. The van der Waals surface area contributed by atoms with E-state index in [2.05, 4.69) is 10.6 Å². The molecule has 0 aromatic heterocycles. The second-order valence-corrected chi connectivity index (χ2v) is 9.43. The number of nitrogens with zero attached hydrogens (tertiary/aromatic N) is 1. The lowest BCUT2D eigenvalue weighted by atomic mass is 9.70. The molecule has 3 fully saturated rings. The van der Waals surface area contributed by atoms with Gasteiger partial charge in [0.15, 0.2) is 0 Å². The third kappa shape index (κ3) is 3.31. The van der Waals surface area contributed by atoms with Crippen LogP contribution in [0.15, 0.2) is 24.3 Å². The van der Waals surface area contributed by atoms with Crippen molar-refractivity contribution in [2.75, 3.05) is 19.0 Å². The van der Waals surface area contributed by atoms with E-state index in [1.807, 2.05) is 13.8 Å². The van der Waals surface area contributed by atoms with Crippen molar-refractivity contribution in [3.05, 3.63) is 29.3 Å². The number of benzene rings is 1. The molecule has 8 nitrogen and oxygen atoms in total. The lowest BCUT2D eigenvalue weighted by Crippen LogP contribution is -2.57. The summed E-state index contributed by atoms with van der Waals surface area (Å²) >= 11 is 6.25. The van der Waals surface area contributed by atoms with Gasteiger partial charge in [0, 0.05) is 7.05 Å². The second-order valence-electron chi connectivity index (χ2n) is 9.02. The third-order valence-electron chi connectivity index (χ3n) is 7.51. The average Bonchev–Trinajstić information content (AvgIpc) is 3.43. The molecule has 3 aliphatic heterocycles. The molecule has 2 unspecified atom stereocenters. The molecule has 3 saturated heterocycles.